The monoisotopic (exact) mass is 276 g/mol. The Morgan fingerprint density at radius 3 is 3.00 bits per heavy atom. The van der Waals surface area contributed by atoms with Gasteiger partial charge in [0.15, 0.2) is 0 Å². The highest BCUT2D eigenvalue weighted by atomic mass is 16.5. The summed E-state index contributed by atoms with van der Waals surface area (Å²) in [5.74, 6) is 0.716. The van der Waals surface area contributed by atoms with Crippen LogP contribution in [0, 0.1) is 5.92 Å². The minimum absolute atomic E-state index is 0.231. The number of rotatable bonds is 5. The van der Waals surface area contributed by atoms with Crippen LogP contribution in [0.5, 0.6) is 0 Å². The molecule has 1 saturated heterocycles. The van der Waals surface area contributed by atoms with Crippen molar-refractivity contribution < 1.29 is 9.53 Å². The van der Waals surface area contributed by atoms with Gasteiger partial charge < -0.3 is 15.4 Å². The van der Waals surface area contributed by atoms with Gasteiger partial charge in [0, 0.05) is 32.3 Å². The summed E-state index contributed by atoms with van der Waals surface area (Å²) in [5.41, 5.74) is 7.74. The molecular formula is C16H24N2O2. The maximum Gasteiger partial charge on any atom is 0.222 e. The molecule has 0 radical (unpaired) electrons. The van der Waals surface area contributed by atoms with Gasteiger partial charge >= 0.3 is 0 Å². The van der Waals surface area contributed by atoms with Crippen molar-refractivity contribution >= 4 is 11.6 Å². The number of hydrogen-bond donors (Lipinski definition) is 1. The molecule has 20 heavy (non-hydrogen) atoms. The van der Waals surface area contributed by atoms with Crippen LogP contribution in [0.15, 0.2) is 24.3 Å². The third-order valence-corrected chi connectivity index (χ3v) is 3.94. The van der Waals surface area contributed by atoms with Crippen molar-refractivity contribution in [2.45, 2.75) is 25.7 Å². The first-order chi connectivity index (χ1) is 9.70. The number of nitrogens with zero attached hydrogens (tertiary/aromatic N) is 1. The van der Waals surface area contributed by atoms with Crippen LogP contribution in [0.25, 0.3) is 0 Å². The number of piperidine rings is 1. The quantitative estimate of drug-likeness (QED) is 0.838. The van der Waals surface area contributed by atoms with E-state index >= 15 is 0 Å². The van der Waals surface area contributed by atoms with Crippen LogP contribution in [0.4, 0.5) is 5.69 Å². The fraction of sp³-hybridized carbons (Fsp3) is 0.562. The Labute approximate surface area is 120 Å². The molecule has 0 aromatic heterocycles. The topological polar surface area (TPSA) is 55.6 Å². The molecule has 110 valence electrons. The van der Waals surface area contributed by atoms with Crippen molar-refractivity contribution in [1.29, 1.82) is 0 Å². The summed E-state index contributed by atoms with van der Waals surface area (Å²) in [6, 6.07) is 7.76. The van der Waals surface area contributed by atoms with E-state index < -0.39 is 0 Å². The Morgan fingerprint density at radius 1 is 1.45 bits per heavy atom. The molecule has 1 aliphatic heterocycles. The molecule has 2 N–H and O–H groups in total. The lowest BCUT2D eigenvalue weighted by atomic mass is 9.98. The van der Waals surface area contributed by atoms with Gasteiger partial charge in [0.25, 0.3) is 0 Å². The maximum absolute atomic E-state index is 12.3. The maximum atomic E-state index is 12.3. The molecular weight excluding hydrogens is 252 g/mol. The Bertz CT molecular complexity index is 446. The van der Waals surface area contributed by atoms with Gasteiger partial charge in [-0.3, -0.25) is 4.79 Å². The number of carbonyl (C=O) groups excluding carboxylic acids is 1. The van der Waals surface area contributed by atoms with Crippen LogP contribution in [-0.4, -0.2) is 37.6 Å². The second-order valence-electron chi connectivity index (χ2n) is 5.50. The number of amides is 1. The Kier molecular flexibility index (Phi) is 5.41. The van der Waals surface area contributed by atoms with E-state index in [1.165, 1.54) is 0 Å². The van der Waals surface area contributed by atoms with E-state index in [9.17, 15) is 4.79 Å². The van der Waals surface area contributed by atoms with Crippen molar-refractivity contribution in [3.63, 3.8) is 0 Å². The smallest absolute Gasteiger partial charge is 0.222 e. The van der Waals surface area contributed by atoms with Gasteiger partial charge in [-0.25, -0.2) is 0 Å². The van der Waals surface area contributed by atoms with Gasteiger partial charge in [-0.2, -0.15) is 0 Å². The average Bonchev–Trinajstić information content (AvgIpc) is 2.47. The predicted molar refractivity (Wildman–Crippen MR) is 80.4 cm³/mol. The number of para-hydroxylation sites is 1. The molecule has 0 spiro atoms. The molecule has 1 atom stereocenters. The molecule has 1 fully saturated rings. The van der Waals surface area contributed by atoms with Crippen LogP contribution in [-0.2, 0) is 16.0 Å². The van der Waals surface area contributed by atoms with Gasteiger partial charge in [0.05, 0.1) is 6.61 Å². The van der Waals surface area contributed by atoms with Gasteiger partial charge in [-0.1, -0.05) is 18.2 Å². The zero-order valence-electron chi connectivity index (χ0n) is 12.2. The predicted octanol–water partition coefficient (Wildman–Crippen LogP) is 2.09. The van der Waals surface area contributed by atoms with Crippen molar-refractivity contribution in [1.82, 2.24) is 4.90 Å². The highest BCUT2D eigenvalue weighted by Crippen LogP contribution is 2.19. The van der Waals surface area contributed by atoms with E-state index in [4.69, 9.17) is 10.5 Å². The largest absolute Gasteiger partial charge is 0.399 e. The lowest BCUT2D eigenvalue weighted by molar-refractivity contribution is -0.133. The van der Waals surface area contributed by atoms with Gasteiger partial charge in [0.1, 0.15) is 0 Å². The summed E-state index contributed by atoms with van der Waals surface area (Å²) in [5, 5.41) is 0. The van der Waals surface area contributed by atoms with Gasteiger partial charge in [-0.15, -0.1) is 0 Å². The Hall–Kier alpha value is -1.55. The van der Waals surface area contributed by atoms with Crippen molar-refractivity contribution in [3.8, 4) is 0 Å². The lowest BCUT2D eigenvalue weighted by Gasteiger charge is -2.32. The first kappa shape index (κ1) is 14.9. The van der Waals surface area contributed by atoms with Crippen LogP contribution >= 0.6 is 0 Å². The number of carbonyl (C=O) groups is 1. The van der Waals surface area contributed by atoms with Gasteiger partial charge in [0.2, 0.25) is 5.91 Å². The summed E-state index contributed by atoms with van der Waals surface area (Å²) in [4.78, 5) is 14.3. The molecule has 4 nitrogen and oxygen atoms in total. The van der Waals surface area contributed by atoms with E-state index in [1.807, 2.05) is 29.2 Å². The summed E-state index contributed by atoms with van der Waals surface area (Å²) in [6.07, 6.45) is 3.49. The Balaban J connectivity index is 1.84. The minimum Gasteiger partial charge on any atom is -0.399 e. The summed E-state index contributed by atoms with van der Waals surface area (Å²) >= 11 is 0. The van der Waals surface area contributed by atoms with Crippen LogP contribution in [0.3, 0.4) is 0 Å². The third-order valence-electron chi connectivity index (χ3n) is 3.94. The molecule has 0 aliphatic carbocycles. The highest BCUT2D eigenvalue weighted by molar-refractivity contribution is 5.76. The molecule has 0 saturated carbocycles. The fourth-order valence-electron chi connectivity index (χ4n) is 2.82. The average molecular weight is 276 g/mol. The first-order valence-electron chi connectivity index (χ1n) is 7.30. The highest BCUT2D eigenvalue weighted by Gasteiger charge is 2.23. The number of hydrogen-bond acceptors (Lipinski definition) is 3. The van der Waals surface area contributed by atoms with E-state index in [1.54, 1.807) is 7.11 Å². The summed E-state index contributed by atoms with van der Waals surface area (Å²) in [7, 11) is 1.72. The zero-order valence-corrected chi connectivity index (χ0v) is 12.2. The SMILES string of the molecule is COCC1CCCN(C(=O)CCc2ccccc2N)C1. The summed E-state index contributed by atoms with van der Waals surface area (Å²) in [6.45, 7) is 2.45. The van der Waals surface area contributed by atoms with Crippen molar-refractivity contribution in [3.05, 3.63) is 29.8 Å². The first-order valence-corrected chi connectivity index (χ1v) is 7.30. The van der Waals surface area contributed by atoms with Gasteiger partial charge in [-0.05, 0) is 36.8 Å². The van der Waals surface area contributed by atoms with Crippen LogP contribution in [0.2, 0.25) is 0 Å². The lowest BCUT2D eigenvalue weighted by Crippen LogP contribution is -2.41. The van der Waals surface area contributed by atoms with Crippen LogP contribution in [0.1, 0.15) is 24.8 Å². The molecule has 1 heterocycles. The second kappa shape index (κ2) is 7.29. The molecule has 1 aliphatic rings. The standard InChI is InChI=1S/C16H24N2O2/c1-20-12-13-5-4-10-18(11-13)16(19)9-8-14-6-2-3-7-15(14)17/h2-3,6-7,13H,4-5,8-12,17H2,1H3. The molecule has 0 bridgehead atoms. The molecule has 1 unspecified atom stereocenters. The van der Waals surface area contributed by atoms with E-state index in [0.717, 1.165) is 50.2 Å². The number of likely N-dealkylation sites (tertiary alicyclic amines) is 1. The van der Waals surface area contributed by atoms with E-state index in [-0.39, 0.29) is 5.91 Å². The second-order valence-corrected chi connectivity index (χ2v) is 5.50. The number of ether oxygens (including phenoxy) is 1. The summed E-state index contributed by atoms with van der Waals surface area (Å²) < 4.78 is 5.20. The number of aryl methyl sites for hydroxylation is 1. The third kappa shape index (κ3) is 3.97. The molecule has 1 amide bonds. The van der Waals surface area contributed by atoms with Crippen molar-refractivity contribution in [2.24, 2.45) is 5.92 Å². The fourth-order valence-corrected chi connectivity index (χ4v) is 2.82. The van der Waals surface area contributed by atoms with Crippen LogP contribution < -0.4 is 5.73 Å². The minimum atomic E-state index is 0.231. The van der Waals surface area contributed by atoms with Crippen molar-refractivity contribution in [2.75, 3.05) is 32.5 Å². The number of nitrogens with two attached hydrogens (primary N) is 1. The number of benzene rings is 1. The Morgan fingerprint density at radius 2 is 2.25 bits per heavy atom. The normalized spacial score (nSPS) is 19.1. The molecule has 4 heteroatoms. The zero-order chi connectivity index (χ0) is 14.4. The van der Waals surface area contributed by atoms with E-state index in [2.05, 4.69) is 0 Å². The van der Waals surface area contributed by atoms with E-state index in [0.29, 0.717) is 12.3 Å². The number of methoxy groups -OCH3 is 1. The molecule has 1 aromatic carbocycles. The number of anilines is 1. The number of nitrogen functional groups attached to an aromatic ring is 1. The molecule has 1 aromatic rings. The molecule has 2 rings (SSSR count).